The number of methoxy groups -OCH3 is 1. The lowest BCUT2D eigenvalue weighted by Gasteiger charge is -2.15. The molecule has 1 heterocycles. The van der Waals surface area contributed by atoms with Crippen LogP contribution in [0.3, 0.4) is 0 Å². The fraction of sp³-hybridized carbons (Fsp3) is 0.241. The van der Waals surface area contributed by atoms with Crippen LogP contribution >= 0.6 is 0 Å². The summed E-state index contributed by atoms with van der Waals surface area (Å²) in [7, 11) is 1.58. The molecular weight excluding hydrogens is 438 g/mol. The highest BCUT2D eigenvalue weighted by molar-refractivity contribution is 5.92. The van der Waals surface area contributed by atoms with Crippen LogP contribution in [0.5, 0.6) is 5.75 Å². The zero-order chi connectivity index (χ0) is 24.9. The van der Waals surface area contributed by atoms with Gasteiger partial charge in [0.25, 0.3) is 5.56 Å². The van der Waals surface area contributed by atoms with Crippen molar-refractivity contribution in [1.29, 1.82) is 0 Å². The van der Waals surface area contributed by atoms with Crippen molar-refractivity contribution in [3.8, 4) is 5.75 Å². The molecule has 180 valence electrons. The van der Waals surface area contributed by atoms with E-state index >= 15 is 0 Å². The van der Waals surface area contributed by atoms with Crippen LogP contribution in [0.15, 0.2) is 71.5 Å². The van der Waals surface area contributed by atoms with Gasteiger partial charge >= 0.3 is 0 Å². The van der Waals surface area contributed by atoms with Gasteiger partial charge in [0.2, 0.25) is 5.91 Å². The lowest BCUT2D eigenvalue weighted by Crippen LogP contribution is -2.30. The summed E-state index contributed by atoms with van der Waals surface area (Å²) in [5.41, 5.74) is 6.07. The number of amides is 1. The molecule has 0 aliphatic rings. The standard InChI is InChI=1S/C29H31N3O3/c1-5-21-7-10-24(11-8-21)30-17-23-15-22-9-12-25(35-4)16-27(22)32(29(23)34)18-28(33)31-26-13-6-19(2)14-20(26)3/h6-16,30H,5,17-18H2,1-4H3,(H,31,33). The van der Waals surface area contributed by atoms with Crippen molar-refractivity contribution in [3.63, 3.8) is 0 Å². The van der Waals surface area contributed by atoms with Gasteiger partial charge in [0.1, 0.15) is 12.3 Å². The fourth-order valence-corrected chi connectivity index (χ4v) is 4.16. The van der Waals surface area contributed by atoms with Gasteiger partial charge < -0.3 is 15.4 Å². The molecule has 6 nitrogen and oxygen atoms in total. The third-order valence-corrected chi connectivity index (χ3v) is 6.18. The Morgan fingerprint density at radius 1 is 0.971 bits per heavy atom. The maximum absolute atomic E-state index is 13.5. The van der Waals surface area contributed by atoms with Gasteiger partial charge in [-0.25, -0.2) is 0 Å². The zero-order valence-electron chi connectivity index (χ0n) is 20.6. The van der Waals surface area contributed by atoms with Crippen molar-refractivity contribution >= 4 is 28.2 Å². The van der Waals surface area contributed by atoms with Crippen LogP contribution in [-0.4, -0.2) is 17.6 Å². The molecule has 4 rings (SSSR count). The summed E-state index contributed by atoms with van der Waals surface area (Å²) in [5.74, 6) is 0.366. The third-order valence-electron chi connectivity index (χ3n) is 6.18. The second-order valence-electron chi connectivity index (χ2n) is 8.76. The van der Waals surface area contributed by atoms with E-state index in [4.69, 9.17) is 4.74 Å². The summed E-state index contributed by atoms with van der Waals surface area (Å²) in [6.45, 7) is 6.33. The normalized spacial score (nSPS) is 10.9. The summed E-state index contributed by atoms with van der Waals surface area (Å²) < 4.78 is 6.89. The van der Waals surface area contributed by atoms with Crippen LogP contribution < -0.4 is 20.9 Å². The van der Waals surface area contributed by atoms with Crippen LogP contribution in [-0.2, 0) is 24.3 Å². The Balaban J connectivity index is 1.65. The molecule has 0 bridgehead atoms. The summed E-state index contributed by atoms with van der Waals surface area (Å²) >= 11 is 0. The Morgan fingerprint density at radius 2 is 1.74 bits per heavy atom. The van der Waals surface area contributed by atoms with Crippen molar-refractivity contribution in [2.45, 2.75) is 40.3 Å². The second kappa shape index (κ2) is 10.5. The Kier molecular flexibility index (Phi) is 7.20. The first-order chi connectivity index (χ1) is 16.9. The average molecular weight is 470 g/mol. The molecule has 0 saturated heterocycles. The molecule has 2 N–H and O–H groups in total. The SMILES string of the molecule is CCc1ccc(NCc2cc3ccc(OC)cc3n(CC(=O)Nc3ccc(C)cc3C)c2=O)cc1. The number of pyridine rings is 1. The lowest BCUT2D eigenvalue weighted by atomic mass is 10.1. The molecular formula is C29H31N3O3. The summed E-state index contributed by atoms with van der Waals surface area (Å²) in [6.07, 6.45) is 0.975. The molecule has 4 aromatic rings. The number of benzene rings is 3. The first-order valence-electron chi connectivity index (χ1n) is 11.8. The number of nitrogens with one attached hydrogen (secondary N) is 2. The molecule has 0 radical (unpaired) electrons. The van der Waals surface area contributed by atoms with Gasteiger partial charge in [-0.15, -0.1) is 0 Å². The summed E-state index contributed by atoms with van der Waals surface area (Å²) in [6, 6.07) is 21.5. The highest BCUT2D eigenvalue weighted by Gasteiger charge is 2.14. The third kappa shape index (κ3) is 5.54. The number of anilines is 2. The minimum absolute atomic E-state index is 0.102. The van der Waals surface area contributed by atoms with Gasteiger partial charge in [-0.1, -0.05) is 36.8 Å². The van der Waals surface area contributed by atoms with Gasteiger partial charge in [-0.05, 0) is 73.2 Å². The van der Waals surface area contributed by atoms with Crippen molar-refractivity contribution in [2.75, 3.05) is 17.7 Å². The molecule has 1 amide bonds. The molecule has 0 atom stereocenters. The monoisotopic (exact) mass is 469 g/mol. The number of aromatic nitrogens is 1. The van der Waals surface area contributed by atoms with Crippen LogP contribution in [0.25, 0.3) is 10.9 Å². The van der Waals surface area contributed by atoms with Crippen molar-refractivity contribution in [2.24, 2.45) is 0 Å². The quantitative estimate of drug-likeness (QED) is 0.360. The minimum atomic E-state index is -0.261. The van der Waals surface area contributed by atoms with E-state index < -0.39 is 0 Å². The number of hydrogen-bond donors (Lipinski definition) is 2. The number of rotatable bonds is 8. The average Bonchev–Trinajstić information content (AvgIpc) is 2.86. The van der Waals surface area contributed by atoms with Gasteiger partial charge in [0.15, 0.2) is 0 Å². The van der Waals surface area contributed by atoms with Crippen LogP contribution in [0.1, 0.15) is 29.2 Å². The predicted octanol–water partition coefficient (Wildman–Crippen LogP) is 5.44. The number of hydrogen-bond acceptors (Lipinski definition) is 4. The Bertz CT molecular complexity index is 1420. The number of ether oxygens (including phenoxy) is 1. The first kappa shape index (κ1) is 24.1. The van der Waals surface area contributed by atoms with E-state index in [1.807, 2.05) is 62.4 Å². The number of nitrogens with zero attached hydrogens (tertiary/aromatic N) is 1. The van der Waals surface area contributed by atoms with Gasteiger partial charge in [-0.3, -0.25) is 14.2 Å². The topological polar surface area (TPSA) is 72.4 Å². The number of fused-ring (bicyclic) bond motifs is 1. The van der Waals surface area contributed by atoms with Crippen molar-refractivity contribution in [3.05, 3.63) is 99.3 Å². The van der Waals surface area contributed by atoms with Crippen LogP contribution in [0, 0.1) is 13.8 Å². The smallest absolute Gasteiger partial charge is 0.256 e. The molecule has 0 fully saturated rings. The Hall–Kier alpha value is -4.06. The van der Waals surface area contributed by atoms with Crippen molar-refractivity contribution < 1.29 is 9.53 Å². The van der Waals surface area contributed by atoms with Crippen molar-refractivity contribution in [1.82, 2.24) is 4.57 Å². The van der Waals surface area contributed by atoms with E-state index in [0.29, 0.717) is 23.4 Å². The van der Waals surface area contributed by atoms with E-state index in [1.54, 1.807) is 13.2 Å². The molecule has 0 aliphatic heterocycles. The molecule has 6 heteroatoms. The maximum atomic E-state index is 13.5. The van der Waals surface area contributed by atoms with Crippen LogP contribution in [0.4, 0.5) is 11.4 Å². The molecule has 0 saturated carbocycles. The van der Waals surface area contributed by atoms with Gasteiger partial charge in [0, 0.05) is 29.5 Å². The van der Waals surface area contributed by atoms with Gasteiger partial charge in [0.05, 0.1) is 12.6 Å². The minimum Gasteiger partial charge on any atom is -0.497 e. The largest absolute Gasteiger partial charge is 0.497 e. The van der Waals surface area contributed by atoms with E-state index in [0.717, 1.165) is 34.3 Å². The molecule has 3 aromatic carbocycles. The number of carbonyl (C=O) groups is 1. The molecule has 1 aromatic heterocycles. The molecule has 0 aliphatic carbocycles. The first-order valence-corrected chi connectivity index (χ1v) is 11.8. The van der Waals surface area contributed by atoms with E-state index in [9.17, 15) is 9.59 Å². The summed E-state index contributed by atoms with van der Waals surface area (Å²) in [4.78, 5) is 26.5. The maximum Gasteiger partial charge on any atom is 0.256 e. The highest BCUT2D eigenvalue weighted by atomic mass is 16.5. The fourth-order valence-electron chi connectivity index (χ4n) is 4.16. The second-order valence-corrected chi connectivity index (χ2v) is 8.76. The lowest BCUT2D eigenvalue weighted by molar-refractivity contribution is -0.116. The van der Waals surface area contributed by atoms with E-state index in [1.165, 1.54) is 10.1 Å². The predicted molar refractivity (Wildman–Crippen MR) is 142 cm³/mol. The Labute approximate surface area is 205 Å². The number of carbonyl (C=O) groups excluding carboxylic acids is 1. The van der Waals surface area contributed by atoms with Crippen LogP contribution in [0.2, 0.25) is 0 Å². The molecule has 0 unspecified atom stereocenters. The van der Waals surface area contributed by atoms with E-state index in [-0.39, 0.29) is 18.0 Å². The Morgan fingerprint density at radius 3 is 2.43 bits per heavy atom. The van der Waals surface area contributed by atoms with Gasteiger partial charge in [-0.2, -0.15) is 0 Å². The zero-order valence-corrected chi connectivity index (χ0v) is 20.6. The molecule has 0 spiro atoms. The molecule has 35 heavy (non-hydrogen) atoms. The van der Waals surface area contributed by atoms with E-state index in [2.05, 4.69) is 29.7 Å². The summed E-state index contributed by atoms with van der Waals surface area (Å²) in [5, 5.41) is 7.15. The number of aryl methyl sites for hydroxylation is 3. The highest BCUT2D eigenvalue weighted by Crippen LogP contribution is 2.22.